The number of hydrogen-bond acceptors (Lipinski definition) is 4. The summed E-state index contributed by atoms with van der Waals surface area (Å²) in [6.45, 7) is 2.37. The van der Waals surface area contributed by atoms with Crippen molar-refractivity contribution < 1.29 is 0 Å². The number of benzene rings is 8. The molecule has 0 N–H and O–H groups in total. The molecule has 0 saturated heterocycles. The third kappa shape index (κ3) is 5.78. The lowest BCUT2D eigenvalue weighted by Gasteiger charge is -2.30. The molecule has 10 aromatic rings. The molecule has 0 aliphatic heterocycles. The molecule has 278 valence electrons. The monoisotopic (exact) mass is 755 g/mol. The molecule has 0 fully saturated rings. The number of hydrogen-bond donors (Lipinski definition) is 0. The van der Waals surface area contributed by atoms with Gasteiger partial charge in [-0.3, -0.25) is 4.57 Å². The fourth-order valence-electron chi connectivity index (χ4n) is 8.92. The van der Waals surface area contributed by atoms with Gasteiger partial charge in [0.15, 0.2) is 17.5 Å². The van der Waals surface area contributed by atoms with E-state index in [1.165, 1.54) is 33.4 Å². The van der Waals surface area contributed by atoms with Crippen LogP contribution in [0, 0.1) is 0 Å². The lowest BCUT2D eigenvalue weighted by Crippen LogP contribution is -2.23. The van der Waals surface area contributed by atoms with Crippen LogP contribution in [-0.4, -0.2) is 24.5 Å². The molecule has 59 heavy (non-hydrogen) atoms. The molecule has 0 bridgehead atoms. The quantitative estimate of drug-likeness (QED) is 0.163. The highest BCUT2D eigenvalue weighted by atomic mass is 15.1. The predicted molar refractivity (Wildman–Crippen MR) is 239 cm³/mol. The zero-order valence-electron chi connectivity index (χ0n) is 32.4. The molecule has 5 nitrogen and oxygen atoms in total. The van der Waals surface area contributed by atoms with Crippen LogP contribution in [0.1, 0.15) is 23.6 Å². The molecule has 0 unspecified atom stereocenters. The maximum Gasteiger partial charge on any atom is 0.164 e. The van der Waals surface area contributed by atoms with Crippen molar-refractivity contribution in [3.63, 3.8) is 0 Å². The molecule has 1 aliphatic carbocycles. The van der Waals surface area contributed by atoms with Crippen LogP contribution in [0.25, 0.3) is 84.5 Å². The summed E-state index contributed by atoms with van der Waals surface area (Å²) in [6.07, 6.45) is 0. The fraction of sp³-hybridized carbons (Fsp3) is 0.0370. The van der Waals surface area contributed by atoms with Gasteiger partial charge in [0.2, 0.25) is 0 Å². The van der Waals surface area contributed by atoms with Gasteiger partial charge in [-0.25, -0.2) is 19.9 Å². The third-order valence-corrected chi connectivity index (χ3v) is 11.8. The van der Waals surface area contributed by atoms with Gasteiger partial charge in [-0.2, -0.15) is 0 Å². The van der Waals surface area contributed by atoms with Crippen molar-refractivity contribution >= 4 is 11.0 Å². The highest BCUT2D eigenvalue weighted by Gasteiger charge is 2.41. The van der Waals surface area contributed by atoms with E-state index < -0.39 is 0 Å². The molecule has 0 spiro atoms. The maximum atomic E-state index is 5.15. The summed E-state index contributed by atoms with van der Waals surface area (Å²) in [5.41, 5.74) is 15.3. The van der Waals surface area contributed by atoms with E-state index in [1.54, 1.807) is 0 Å². The molecule has 0 atom stereocenters. The van der Waals surface area contributed by atoms with E-state index >= 15 is 0 Å². The molecule has 8 aromatic carbocycles. The van der Waals surface area contributed by atoms with Gasteiger partial charge in [-0.05, 0) is 76.2 Å². The summed E-state index contributed by atoms with van der Waals surface area (Å²) < 4.78 is 2.22. The van der Waals surface area contributed by atoms with E-state index in [4.69, 9.17) is 19.9 Å². The highest BCUT2D eigenvalue weighted by molar-refractivity contribution is 5.87. The molecule has 2 aromatic heterocycles. The van der Waals surface area contributed by atoms with Crippen LogP contribution in [0.3, 0.4) is 0 Å². The Morgan fingerprint density at radius 1 is 0.356 bits per heavy atom. The minimum atomic E-state index is -0.310. The van der Waals surface area contributed by atoms with Crippen molar-refractivity contribution in [3.05, 3.63) is 223 Å². The Balaban J connectivity index is 1.01. The minimum Gasteiger partial charge on any atom is -0.292 e. The molecule has 0 saturated carbocycles. The number of para-hydroxylation sites is 3. The fourth-order valence-corrected chi connectivity index (χ4v) is 8.92. The normalized spacial score (nSPS) is 12.6. The smallest absolute Gasteiger partial charge is 0.164 e. The average Bonchev–Trinajstić information content (AvgIpc) is 3.83. The summed E-state index contributed by atoms with van der Waals surface area (Å²) in [5, 5.41) is 0. The van der Waals surface area contributed by atoms with E-state index in [0.717, 1.165) is 50.4 Å². The first kappa shape index (κ1) is 34.5. The summed E-state index contributed by atoms with van der Waals surface area (Å²) >= 11 is 0. The Bertz CT molecular complexity index is 3120. The Kier molecular flexibility index (Phi) is 8.19. The average molecular weight is 756 g/mol. The van der Waals surface area contributed by atoms with Gasteiger partial charge >= 0.3 is 0 Å². The Morgan fingerprint density at radius 2 is 0.814 bits per heavy atom. The summed E-state index contributed by atoms with van der Waals surface area (Å²) in [6, 6.07) is 72.3. The van der Waals surface area contributed by atoms with Crippen LogP contribution in [0.2, 0.25) is 0 Å². The maximum absolute atomic E-state index is 5.15. The van der Waals surface area contributed by atoms with Gasteiger partial charge in [0.1, 0.15) is 5.82 Å². The Labute approximate surface area is 343 Å². The second-order valence-electron chi connectivity index (χ2n) is 15.2. The molecule has 1 aliphatic rings. The summed E-state index contributed by atoms with van der Waals surface area (Å²) in [7, 11) is 0. The first-order chi connectivity index (χ1) is 29.1. The van der Waals surface area contributed by atoms with E-state index in [2.05, 4.69) is 175 Å². The summed E-state index contributed by atoms with van der Waals surface area (Å²) in [5.74, 6) is 2.68. The molecule has 2 heterocycles. The highest BCUT2D eigenvalue weighted by Crippen LogP contribution is 2.54. The summed E-state index contributed by atoms with van der Waals surface area (Å²) in [4.78, 5) is 20.4. The predicted octanol–water partition coefficient (Wildman–Crippen LogP) is 12.9. The first-order valence-electron chi connectivity index (χ1n) is 20.0. The van der Waals surface area contributed by atoms with Crippen molar-refractivity contribution in [2.75, 3.05) is 0 Å². The SMILES string of the molecule is CC1(c2ccccc2-c2ccc(-c3nc(-c4ccccc4)nc(-c4cccc(-c5nc6ccccc6n5-c5ccccc5)c4)n3)cc2)c2ccccc2-c2ccccc21. The van der Waals surface area contributed by atoms with Gasteiger partial charge in [-0.15, -0.1) is 0 Å². The first-order valence-corrected chi connectivity index (χ1v) is 20.0. The van der Waals surface area contributed by atoms with Crippen molar-refractivity contribution in [2.24, 2.45) is 0 Å². The lowest BCUT2D eigenvalue weighted by atomic mass is 9.71. The van der Waals surface area contributed by atoms with E-state index in [0.29, 0.717) is 17.5 Å². The third-order valence-electron chi connectivity index (χ3n) is 11.8. The van der Waals surface area contributed by atoms with Crippen LogP contribution in [0.15, 0.2) is 206 Å². The van der Waals surface area contributed by atoms with E-state index in [-0.39, 0.29) is 5.41 Å². The van der Waals surface area contributed by atoms with Gasteiger partial charge in [0.25, 0.3) is 0 Å². The van der Waals surface area contributed by atoms with Gasteiger partial charge in [-0.1, -0.05) is 176 Å². The minimum absolute atomic E-state index is 0.310. The van der Waals surface area contributed by atoms with E-state index in [9.17, 15) is 0 Å². The Hall–Kier alpha value is -7.76. The number of imidazole rings is 1. The molecule has 0 radical (unpaired) electrons. The second-order valence-corrected chi connectivity index (χ2v) is 15.2. The van der Waals surface area contributed by atoms with Crippen molar-refractivity contribution in [1.82, 2.24) is 24.5 Å². The van der Waals surface area contributed by atoms with Crippen molar-refractivity contribution in [2.45, 2.75) is 12.3 Å². The van der Waals surface area contributed by atoms with Gasteiger partial charge in [0, 0.05) is 33.4 Å². The Morgan fingerprint density at radius 3 is 1.47 bits per heavy atom. The number of fused-ring (bicyclic) bond motifs is 4. The number of aromatic nitrogens is 5. The van der Waals surface area contributed by atoms with Crippen LogP contribution >= 0.6 is 0 Å². The van der Waals surface area contributed by atoms with Gasteiger partial charge in [0.05, 0.1) is 11.0 Å². The van der Waals surface area contributed by atoms with Crippen LogP contribution < -0.4 is 0 Å². The molecule has 5 heteroatoms. The van der Waals surface area contributed by atoms with E-state index in [1.807, 2.05) is 42.5 Å². The molecule has 11 rings (SSSR count). The number of nitrogens with zero attached hydrogens (tertiary/aromatic N) is 5. The zero-order chi connectivity index (χ0) is 39.3. The van der Waals surface area contributed by atoms with Crippen LogP contribution in [0.5, 0.6) is 0 Å². The molecule has 0 amide bonds. The van der Waals surface area contributed by atoms with Crippen molar-refractivity contribution in [1.29, 1.82) is 0 Å². The number of rotatable bonds is 7. The lowest BCUT2D eigenvalue weighted by molar-refractivity contribution is 0.716. The van der Waals surface area contributed by atoms with Crippen LogP contribution in [0.4, 0.5) is 0 Å². The topological polar surface area (TPSA) is 56.5 Å². The second kappa shape index (κ2) is 14.0. The zero-order valence-corrected chi connectivity index (χ0v) is 32.4. The molecular formula is C54H37N5. The van der Waals surface area contributed by atoms with Crippen molar-refractivity contribution in [3.8, 4) is 73.5 Å². The standard InChI is InChI=1S/C54H37N5/c1-54(46-27-12-9-24-43(46)44-25-10-13-28-47(44)54)45-26-11-8-23-42(45)36-31-33-38(34-32-36)51-56-50(37-17-4-2-5-18-37)57-52(58-51)39-19-16-20-40(35-39)53-55-48-29-14-15-30-49(48)59(53)41-21-6-3-7-22-41/h2-35H,1H3. The van der Waals surface area contributed by atoms with Crippen LogP contribution in [-0.2, 0) is 5.41 Å². The molecular weight excluding hydrogens is 719 g/mol. The largest absolute Gasteiger partial charge is 0.292 e. The van der Waals surface area contributed by atoms with Gasteiger partial charge < -0.3 is 0 Å².